The van der Waals surface area contributed by atoms with Gasteiger partial charge in [0.2, 0.25) is 0 Å². The molecule has 3 aromatic rings. The Balaban J connectivity index is 1.23. The summed E-state index contributed by atoms with van der Waals surface area (Å²) in [6.07, 6.45) is 5.29. The maximum Gasteiger partial charge on any atom is 0.335 e. The molecule has 188 valence electrons. The third-order valence-corrected chi connectivity index (χ3v) is 8.83. The fourth-order valence-corrected chi connectivity index (χ4v) is 6.84. The van der Waals surface area contributed by atoms with E-state index in [1.807, 2.05) is 6.07 Å². The molecular weight excluding hydrogens is 501 g/mol. The van der Waals surface area contributed by atoms with Crippen molar-refractivity contribution < 1.29 is 24.3 Å². The predicted molar refractivity (Wildman–Crippen MR) is 135 cm³/mol. The summed E-state index contributed by atoms with van der Waals surface area (Å²) < 4.78 is 12.2. The van der Waals surface area contributed by atoms with Crippen LogP contribution in [0.3, 0.4) is 0 Å². The van der Waals surface area contributed by atoms with E-state index in [0.717, 1.165) is 37.0 Å². The van der Waals surface area contributed by atoms with Crippen molar-refractivity contribution in [3.63, 3.8) is 0 Å². The van der Waals surface area contributed by atoms with Gasteiger partial charge in [-0.05, 0) is 80.2 Å². The molecule has 6 nitrogen and oxygen atoms in total. The zero-order chi connectivity index (χ0) is 25.0. The molecule has 2 bridgehead atoms. The first kappa shape index (κ1) is 24.0. The number of fused-ring (bicyclic) bond motifs is 2. The summed E-state index contributed by atoms with van der Waals surface area (Å²) in [7, 11) is 0. The van der Waals surface area contributed by atoms with Gasteiger partial charge in [0.05, 0.1) is 33.9 Å². The molecular formula is C28H27Cl2NO5. The summed E-state index contributed by atoms with van der Waals surface area (Å²) >= 11 is 13.0. The van der Waals surface area contributed by atoms with E-state index in [4.69, 9.17) is 32.5 Å². The van der Waals surface area contributed by atoms with Crippen LogP contribution in [-0.4, -0.2) is 27.4 Å². The lowest BCUT2D eigenvalue weighted by atomic mass is 9.69. The highest BCUT2D eigenvalue weighted by atomic mass is 35.5. The van der Waals surface area contributed by atoms with Gasteiger partial charge in [-0.25, -0.2) is 4.79 Å². The van der Waals surface area contributed by atoms with Crippen LogP contribution < -0.4 is 0 Å². The van der Waals surface area contributed by atoms with Gasteiger partial charge in [0.1, 0.15) is 11.5 Å². The van der Waals surface area contributed by atoms with Gasteiger partial charge in [-0.2, -0.15) is 0 Å². The van der Waals surface area contributed by atoms with Crippen LogP contribution in [0.5, 0.6) is 0 Å². The molecule has 0 unspecified atom stereocenters. The molecule has 6 rings (SSSR count). The molecule has 2 N–H and O–H groups in total. The summed E-state index contributed by atoms with van der Waals surface area (Å²) in [6, 6.07) is 12.1. The molecule has 3 saturated carbocycles. The number of aliphatic hydroxyl groups is 1. The number of benzene rings is 2. The first-order valence-corrected chi connectivity index (χ1v) is 13.2. The minimum absolute atomic E-state index is 0.00755. The lowest BCUT2D eigenvalue weighted by Gasteiger charge is -2.43. The Bertz CT molecular complexity index is 1280. The first-order valence-electron chi connectivity index (χ1n) is 12.5. The van der Waals surface area contributed by atoms with E-state index >= 15 is 0 Å². The van der Waals surface area contributed by atoms with Gasteiger partial charge in [-0.15, -0.1) is 0 Å². The smallest absolute Gasteiger partial charge is 0.335 e. The van der Waals surface area contributed by atoms with Crippen molar-refractivity contribution in [3.8, 4) is 11.3 Å². The Morgan fingerprint density at radius 3 is 2.36 bits per heavy atom. The number of carboxylic acid groups (broad SMARTS) is 1. The van der Waals surface area contributed by atoms with Gasteiger partial charge >= 0.3 is 5.97 Å². The number of hydrogen-bond acceptors (Lipinski definition) is 5. The number of aromatic carboxylic acids is 1. The third kappa shape index (κ3) is 4.04. The SMILES string of the molecule is O=C(O)c1cccc([C@@]2(O)[C@@H]3CC[C@H]2C[C@@H](OCc2c(-c4c(Cl)cccc4Cl)noc2C2CC2)C3)c1. The number of carboxylic acids is 1. The number of halogens is 2. The maximum absolute atomic E-state index is 11.8. The van der Waals surface area contributed by atoms with E-state index in [1.54, 1.807) is 36.4 Å². The van der Waals surface area contributed by atoms with Crippen LogP contribution in [0, 0.1) is 11.8 Å². The minimum atomic E-state index is -1.03. The van der Waals surface area contributed by atoms with Crippen molar-refractivity contribution in [3.05, 3.63) is 75.0 Å². The molecule has 3 fully saturated rings. The standard InChI is InChI=1S/C28H27Cl2NO5/c29-22-5-2-6-23(30)24(22)25-21(26(36-31-25)15-7-8-15)14-35-20-12-18-9-10-19(13-20)28(18,34)17-4-1-3-16(11-17)27(32)33/h1-6,11,15,18-20,34H,7-10,12-14H2,(H,32,33)/t18-,19+,20+,28-. The molecule has 8 heteroatoms. The summed E-state index contributed by atoms with van der Waals surface area (Å²) in [5, 5.41) is 26.6. The zero-order valence-corrected chi connectivity index (χ0v) is 21.1. The second-order valence-electron chi connectivity index (χ2n) is 10.3. The number of aromatic nitrogens is 1. The Morgan fingerprint density at radius 1 is 1.06 bits per heavy atom. The van der Waals surface area contributed by atoms with Gasteiger partial charge in [-0.3, -0.25) is 0 Å². The lowest BCUT2D eigenvalue weighted by Crippen LogP contribution is -2.44. The Morgan fingerprint density at radius 2 is 1.72 bits per heavy atom. The van der Waals surface area contributed by atoms with E-state index in [2.05, 4.69) is 5.16 Å². The highest BCUT2D eigenvalue weighted by Crippen LogP contribution is 2.56. The van der Waals surface area contributed by atoms with Crippen molar-refractivity contribution in [1.82, 2.24) is 5.16 Å². The van der Waals surface area contributed by atoms with Crippen LogP contribution in [0.4, 0.5) is 0 Å². The number of hydrogen-bond donors (Lipinski definition) is 2. The lowest BCUT2D eigenvalue weighted by molar-refractivity contribution is -0.116. The molecule has 0 spiro atoms. The van der Waals surface area contributed by atoms with Crippen LogP contribution in [0.15, 0.2) is 47.0 Å². The number of ether oxygens (including phenoxy) is 1. The van der Waals surface area contributed by atoms with Crippen LogP contribution in [0.25, 0.3) is 11.3 Å². The van der Waals surface area contributed by atoms with Crippen molar-refractivity contribution >= 4 is 29.2 Å². The van der Waals surface area contributed by atoms with Crippen molar-refractivity contribution in [2.75, 3.05) is 0 Å². The molecule has 2 aromatic carbocycles. The molecule has 0 radical (unpaired) electrons. The molecule has 36 heavy (non-hydrogen) atoms. The summed E-state index contributed by atoms with van der Waals surface area (Å²) in [5.74, 6) is 0.225. The highest BCUT2D eigenvalue weighted by Gasteiger charge is 2.54. The number of nitrogens with zero attached hydrogens (tertiary/aromatic N) is 1. The first-order chi connectivity index (χ1) is 17.4. The topological polar surface area (TPSA) is 92.8 Å². The Kier molecular flexibility index (Phi) is 6.11. The predicted octanol–water partition coefficient (Wildman–Crippen LogP) is 6.82. The van der Waals surface area contributed by atoms with Crippen LogP contribution in [0.2, 0.25) is 10.0 Å². The van der Waals surface area contributed by atoms with Crippen LogP contribution >= 0.6 is 23.2 Å². The Labute approximate surface area is 219 Å². The largest absolute Gasteiger partial charge is 0.478 e. The zero-order valence-electron chi connectivity index (χ0n) is 19.6. The third-order valence-electron chi connectivity index (χ3n) is 8.20. The fraction of sp³-hybridized carbons (Fsp3) is 0.429. The average Bonchev–Trinajstić information content (AvgIpc) is 3.60. The van der Waals surface area contributed by atoms with E-state index in [1.165, 1.54) is 0 Å². The highest BCUT2D eigenvalue weighted by molar-refractivity contribution is 6.39. The minimum Gasteiger partial charge on any atom is -0.478 e. The number of rotatable bonds is 7. The quantitative estimate of drug-likeness (QED) is 0.350. The van der Waals surface area contributed by atoms with E-state index in [-0.39, 0.29) is 23.5 Å². The summed E-state index contributed by atoms with van der Waals surface area (Å²) in [6.45, 7) is 0.337. The van der Waals surface area contributed by atoms with Gasteiger partial charge in [-0.1, -0.05) is 46.6 Å². The van der Waals surface area contributed by atoms with Crippen molar-refractivity contribution in [2.45, 2.75) is 62.8 Å². The van der Waals surface area contributed by atoms with Gasteiger partial charge in [0, 0.05) is 17.0 Å². The van der Waals surface area contributed by atoms with Crippen molar-refractivity contribution in [1.29, 1.82) is 0 Å². The molecule has 1 heterocycles. The molecule has 1 aromatic heterocycles. The molecule has 0 aliphatic heterocycles. The van der Waals surface area contributed by atoms with Crippen molar-refractivity contribution in [2.24, 2.45) is 11.8 Å². The van der Waals surface area contributed by atoms with E-state index < -0.39 is 11.6 Å². The van der Waals surface area contributed by atoms with Crippen LogP contribution in [-0.2, 0) is 16.9 Å². The van der Waals surface area contributed by atoms with Gasteiger partial charge in [0.25, 0.3) is 0 Å². The second kappa shape index (κ2) is 9.18. The normalized spacial score (nSPS) is 27.4. The molecule has 0 amide bonds. The molecule has 0 saturated heterocycles. The maximum atomic E-state index is 11.8. The molecule has 3 aliphatic rings. The summed E-state index contributed by atoms with van der Waals surface area (Å²) in [4.78, 5) is 11.5. The van der Waals surface area contributed by atoms with Crippen LogP contribution in [0.1, 0.15) is 71.7 Å². The van der Waals surface area contributed by atoms with Gasteiger partial charge < -0.3 is 19.5 Å². The second-order valence-corrected chi connectivity index (χ2v) is 11.1. The van der Waals surface area contributed by atoms with E-state index in [0.29, 0.717) is 52.2 Å². The Hall–Kier alpha value is -2.38. The van der Waals surface area contributed by atoms with Gasteiger partial charge in [0.15, 0.2) is 0 Å². The number of carbonyl (C=O) groups is 1. The average molecular weight is 528 g/mol. The van der Waals surface area contributed by atoms with E-state index in [9.17, 15) is 15.0 Å². The molecule has 4 atom stereocenters. The molecule has 3 aliphatic carbocycles. The monoisotopic (exact) mass is 527 g/mol. The fourth-order valence-electron chi connectivity index (χ4n) is 6.26. The summed E-state index contributed by atoms with van der Waals surface area (Å²) in [5.41, 5.74) is 2.05.